The Bertz CT molecular complexity index is 1120. The highest BCUT2D eigenvalue weighted by Gasteiger charge is 2.32. The van der Waals surface area contributed by atoms with Crippen LogP contribution in [-0.2, 0) is 28.8 Å². The van der Waals surface area contributed by atoms with Gasteiger partial charge in [0.25, 0.3) is 0 Å². The van der Waals surface area contributed by atoms with Gasteiger partial charge in [-0.05, 0) is 45.1 Å². The number of ketones is 2. The summed E-state index contributed by atoms with van der Waals surface area (Å²) in [6.07, 6.45) is 16.3. The molecule has 0 bridgehead atoms. The molecule has 0 saturated heterocycles. The minimum Gasteiger partial charge on any atom is -0.481 e. The summed E-state index contributed by atoms with van der Waals surface area (Å²) in [6, 6.07) is -2.45. The summed E-state index contributed by atoms with van der Waals surface area (Å²) in [6.45, 7) is 2.16. The number of hydrogen-bond donors (Lipinski definition) is 8. The maximum Gasteiger partial charge on any atom is 0.303 e. The van der Waals surface area contributed by atoms with Crippen molar-refractivity contribution in [2.45, 2.75) is 167 Å². The molecule has 0 fully saturated rings. The second-order valence-electron chi connectivity index (χ2n) is 14.4. The first-order valence-corrected chi connectivity index (χ1v) is 20.3. The van der Waals surface area contributed by atoms with Crippen molar-refractivity contribution in [1.29, 1.82) is 0 Å². The van der Waals surface area contributed by atoms with Crippen molar-refractivity contribution in [3.8, 4) is 0 Å². The maximum atomic E-state index is 13.6. The van der Waals surface area contributed by atoms with Crippen LogP contribution in [0.3, 0.4) is 0 Å². The summed E-state index contributed by atoms with van der Waals surface area (Å²) in [5.41, 5.74) is 16.4. The topological polar surface area (TPSA) is 269 Å². The lowest BCUT2D eigenvalue weighted by molar-refractivity contribution is -0.138. The molecule has 0 aromatic heterocycles. The number of carbonyl (C=O) groups excluding carboxylic acids is 5. The van der Waals surface area contributed by atoms with Crippen molar-refractivity contribution in [2.75, 3.05) is 26.7 Å². The number of rotatable bonds is 36. The Morgan fingerprint density at radius 3 is 1.65 bits per heavy atom. The quantitative estimate of drug-likeness (QED) is 0.0260. The Morgan fingerprint density at radius 1 is 0.630 bits per heavy atom. The maximum absolute atomic E-state index is 13.6. The van der Waals surface area contributed by atoms with Crippen LogP contribution in [0, 0.1) is 11.8 Å². The van der Waals surface area contributed by atoms with Crippen LogP contribution in [0.5, 0.6) is 0 Å². The molecule has 4 atom stereocenters. The predicted molar refractivity (Wildman–Crippen MR) is 211 cm³/mol. The molecule has 0 aromatic carbocycles. The molecule has 0 heterocycles. The van der Waals surface area contributed by atoms with E-state index in [1.165, 1.54) is 64.8 Å². The Kier molecular flexibility index (Phi) is 30.6. The van der Waals surface area contributed by atoms with Crippen LogP contribution in [0.25, 0.3) is 0 Å². The molecule has 0 aromatic rings. The first kappa shape index (κ1) is 50.4. The van der Waals surface area contributed by atoms with Crippen LogP contribution < -0.4 is 33.2 Å². The summed E-state index contributed by atoms with van der Waals surface area (Å²) in [5.74, 6) is -5.47. The molecule has 0 saturated carbocycles. The fourth-order valence-electron chi connectivity index (χ4n) is 6.38. The van der Waals surface area contributed by atoms with Gasteiger partial charge in [-0.3, -0.25) is 33.8 Å². The molecule has 11 N–H and O–H groups in total. The van der Waals surface area contributed by atoms with Gasteiger partial charge in [-0.2, -0.15) is 0 Å². The van der Waals surface area contributed by atoms with Crippen molar-refractivity contribution in [1.82, 2.24) is 16.0 Å². The van der Waals surface area contributed by atoms with E-state index in [1.54, 1.807) is 0 Å². The number of aliphatic imine (C=N–C) groups is 1. The number of nitrogens with two attached hydrogens (primary N) is 3. The number of carboxylic acids is 1. The number of nitrogens with zero attached hydrogens (tertiary/aromatic N) is 1. The third-order valence-electron chi connectivity index (χ3n) is 9.66. The van der Waals surface area contributed by atoms with Crippen molar-refractivity contribution in [3.05, 3.63) is 0 Å². The van der Waals surface area contributed by atoms with Gasteiger partial charge in [-0.25, -0.2) is 0 Å². The van der Waals surface area contributed by atoms with E-state index in [-0.39, 0.29) is 56.4 Å². The van der Waals surface area contributed by atoms with E-state index < -0.39 is 60.4 Å². The number of aliphatic carboxylic acids is 1. The summed E-state index contributed by atoms with van der Waals surface area (Å²) in [4.78, 5) is 81.0. The smallest absolute Gasteiger partial charge is 0.303 e. The molecule has 0 aliphatic carbocycles. The highest BCUT2D eigenvalue weighted by atomic mass is 16.4. The normalized spacial score (nSPS) is 13.3. The zero-order valence-electron chi connectivity index (χ0n) is 33.2. The van der Waals surface area contributed by atoms with Crippen LogP contribution >= 0.6 is 0 Å². The Morgan fingerprint density at radius 2 is 1.15 bits per heavy atom. The highest BCUT2D eigenvalue weighted by molar-refractivity contribution is 5.95. The monoisotopic (exact) mass is 768 g/mol. The molecule has 0 aliphatic heterocycles. The average Bonchev–Trinajstić information content (AvgIpc) is 3.14. The lowest BCUT2D eigenvalue weighted by Gasteiger charge is -2.24. The number of Topliss-reactive ketones (excluding diaryl/α,β-unsaturated/α-hetero) is 2. The summed E-state index contributed by atoms with van der Waals surface area (Å²) < 4.78 is 0. The number of amides is 3. The van der Waals surface area contributed by atoms with Crippen LogP contribution in [0.4, 0.5) is 0 Å². The molecule has 0 spiro atoms. The molecule has 312 valence electrons. The molecule has 0 rings (SSSR count). The van der Waals surface area contributed by atoms with Gasteiger partial charge >= 0.3 is 5.97 Å². The third-order valence-corrected chi connectivity index (χ3v) is 9.66. The van der Waals surface area contributed by atoms with Gasteiger partial charge in [0, 0.05) is 51.1 Å². The molecule has 54 heavy (non-hydrogen) atoms. The number of guanidine groups is 1. The lowest BCUT2D eigenvalue weighted by Crippen LogP contribution is -2.47. The van der Waals surface area contributed by atoms with E-state index >= 15 is 0 Å². The van der Waals surface area contributed by atoms with E-state index in [1.807, 2.05) is 0 Å². The molecular weight excluding hydrogens is 694 g/mol. The number of aliphatic hydroxyl groups is 1. The first-order valence-electron chi connectivity index (χ1n) is 20.3. The molecule has 15 nitrogen and oxygen atoms in total. The predicted octanol–water partition coefficient (Wildman–Crippen LogP) is 3.37. The van der Waals surface area contributed by atoms with E-state index in [9.17, 15) is 39.0 Å². The van der Waals surface area contributed by atoms with E-state index in [0.717, 1.165) is 19.3 Å². The number of carboxylic acid groups (broad SMARTS) is 1. The zero-order valence-corrected chi connectivity index (χ0v) is 33.2. The number of aliphatic hydroxyl groups excluding tert-OH is 1. The Labute approximate surface area is 323 Å². The summed E-state index contributed by atoms with van der Waals surface area (Å²) in [5, 5.41) is 27.1. The number of hydrogen-bond acceptors (Lipinski definition) is 9. The largest absolute Gasteiger partial charge is 0.481 e. The van der Waals surface area contributed by atoms with Crippen molar-refractivity contribution >= 4 is 41.2 Å². The third kappa shape index (κ3) is 26.2. The van der Waals surface area contributed by atoms with Crippen LogP contribution in [-0.4, -0.2) is 90.3 Å². The zero-order chi connectivity index (χ0) is 40.6. The van der Waals surface area contributed by atoms with E-state index in [0.29, 0.717) is 38.6 Å². The van der Waals surface area contributed by atoms with Crippen molar-refractivity contribution in [3.63, 3.8) is 0 Å². The van der Waals surface area contributed by atoms with Gasteiger partial charge in [0.2, 0.25) is 17.7 Å². The number of nitrogens with one attached hydrogen (secondary N) is 3. The average molecular weight is 768 g/mol. The van der Waals surface area contributed by atoms with Crippen molar-refractivity contribution in [2.24, 2.45) is 34.0 Å². The summed E-state index contributed by atoms with van der Waals surface area (Å²) >= 11 is 0. The molecule has 0 aliphatic rings. The van der Waals surface area contributed by atoms with Gasteiger partial charge in [0.05, 0.1) is 12.6 Å². The van der Waals surface area contributed by atoms with Crippen LogP contribution in [0.2, 0.25) is 0 Å². The summed E-state index contributed by atoms with van der Waals surface area (Å²) in [7, 11) is 1.46. The van der Waals surface area contributed by atoms with Crippen LogP contribution in [0.1, 0.15) is 155 Å². The van der Waals surface area contributed by atoms with E-state index in [2.05, 4.69) is 27.9 Å². The number of carbonyl (C=O) groups is 6. The fraction of sp³-hybridized carbons (Fsp3) is 0.821. The van der Waals surface area contributed by atoms with Gasteiger partial charge in [0.15, 0.2) is 17.5 Å². The second kappa shape index (κ2) is 32.8. The van der Waals surface area contributed by atoms with Gasteiger partial charge in [-0.1, -0.05) is 90.4 Å². The second-order valence-corrected chi connectivity index (χ2v) is 14.4. The Hall–Kier alpha value is -3.59. The lowest BCUT2D eigenvalue weighted by atomic mass is 9.90. The fourth-order valence-corrected chi connectivity index (χ4v) is 6.38. The molecule has 0 radical (unpaired) electrons. The SMILES string of the molecule is CCCCCCCCCCCCCCCC(=O)N[C@@H](CO)C(=O)C[C@@H](CCCN=C(N)N)C(=O)N[C@@H](CCC(=O)O)C(=O)C[C@@H](CCCCN)C(=O)NC. The highest BCUT2D eigenvalue weighted by Crippen LogP contribution is 2.19. The first-order chi connectivity index (χ1) is 25.9. The van der Waals surface area contributed by atoms with Gasteiger partial charge in [0.1, 0.15) is 6.04 Å². The molecule has 15 heteroatoms. The molecular formula is C39H73N7O8. The van der Waals surface area contributed by atoms with Gasteiger partial charge < -0.3 is 43.4 Å². The minimum absolute atomic E-state index is 0.124. The van der Waals surface area contributed by atoms with Gasteiger partial charge in [-0.15, -0.1) is 0 Å². The number of unbranched alkanes of at least 4 members (excludes halogenated alkanes) is 13. The Balaban J connectivity index is 5.33. The molecule has 3 amide bonds. The standard InChI is InChI=1S/C39H73N7O8/c1-3-4-5-6-7-8-9-10-11-12-13-14-15-21-35(50)45-32(28-47)34(49)27-30(20-18-25-44-39(41)42)38(54)46-31(22-23-36(51)52)33(48)26-29(37(53)43-2)19-16-17-24-40/h29-32,47H,3-28,40H2,1-2H3,(H,43,53)(H,45,50)(H,46,54)(H,51,52)(H4,41,42,44)/t29-,30-,31+,32+/m1/s1. The van der Waals surface area contributed by atoms with E-state index in [4.69, 9.17) is 17.2 Å². The molecule has 0 unspecified atom stereocenters. The van der Waals surface area contributed by atoms with Crippen LogP contribution in [0.15, 0.2) is 4.99 Å². The minimum atomic E-state index is -1.22. The van der Waals surface area contributed by atoms with Crippen molar-refractivity contribution < 1.29 is 39.0 Å².